The number of amides is 1. The highest BCUT2D eigenvalue weighted by molar-refractivity contribution is 5.76. The Morgan fingerprint density at radius 3 is 2.39 bits per heavy atom. The van der Waals surface area contributed by atoms with Crippen LogP contribution in [0.2, 0.25) is 0 Å². The Morgan fingerprint density at radius 1 is 1.04 bits per heavy atom. The van der Waals surface area contributed by atoms with Gasteiger partial charge in [0.1, 0.15) is 12.4 Å². The van der Waals surface area contributed by atoms with Crippen LogP contribution in [0, 0.1) is 5.82 Å². The van der Waals surface area contributed by atoms with Gasteiger partial charge in [-0.1, -0.05) is 42.5 Å². The summed E-state index contributed by atoms with van der Waals surface area (Å²) in [5.41, 5.74) is 2.18. The van der Waals surface area contributed by atoms with Crippen LogP contribution in [0.4, 0.5) is 4.39 Å². The summed E-state index contributed by atoms with van der Waals surface area (Å²) in [4.78, 5) is 13.5. The highest BCUT2D eigenvalue weighted by atomic mass is 19.1. The van der Waals surface area contributed by atoms with E-state index in [1.54, 1.807) is 12.1 Å². The van der Waals surface area contributed by atoms with Crippen molar-refractivity contribution in [2.45, 2.75) is 32.0 Å². The van der Waals surface area contributed by atoms with E-state index in [9.17, 15) is 9.18 Å². The molecule has 1 aliphatic rings. The monoisotopic (exact) mass is 313 g/mol. The molecule has 0 aromatic heterocycles. The van der Waals surface area contributed by atoms with E-state index in [1.807, 2.05) is 30.3 Å². The van der Waals surface area contributed by atoms with Crippen LogP contribution in [0.25, 0.3) is 0 Å². The Morgan fingerprint density at radius 2 is 1.74 bits per heavy atom. The van der Waals surface area contributed by atoms with Crippen molar-refractivity contribution in [2.24, 2.45) is 0 Å². The molecule has 23 heavy (non-hydrogen) atoms. The van der Waals surface area contributed by atoms with Crippen LogP contribution in [0.5, 0.6) is 0 Å². The lowest BCUT2D eigenvalue weighted by Gasteiger charge is -2.19. The van der Waals surface area contributed by atoms with Crippen molar-refractivity contribution in [1.29, 1.82) is 0 Å². The topological polar surface area (TPSA) is 33.5 Å². The first kappa shape index (κ1) is 15.7. The number of hydrogen-bond acceptors (Lipinski definition) is 1. The van der Waals surface area contributed by atoms with E-state index in [2.05, 4.69) is 5.32 Å². The first-order chi connectivity index (χ1) is 11.2. The lowest BCUT2D eigenvalue weighted by molar-refractivity contribution is -0.917. The lowest BCUT2D eigenvalue weighted by atomic mass is 10.2. The van der Waals surface area contributed by atoms with E-state index in [1.165, 1.54) is 29.9 Å². The number of hydrogen-bond donors (Lipinski definition) is 2. The maximum absolute atomic E-state index is 13.0. The van der Waals surface area contributed by atoms with Gasteiger partial charge in [0, 0.05) is 24.9 Å². The van der Waals surface area contributed by atoms with E-state index in [4.69, 9.17) is 0 Å². The van der Waals surface area contributed by atoms with Crippen molar-refractivity contribution in [3.8, 4) is 0 Å². The Labute approximate surface area is 136 Å². The maximum Gasteiger partial charge on any atom is 0.275 e. The average molecular weight is 313 g/mol. The van der Waals surface area contributed by atoms with E-state index < -0.39 is 0 Å². The first-order valence-corrected chi connectivity index (χ1v) is 8.10. The van der Waals surface area contributed by atoms with Crippen molar-refractivity contribution in [3.63, 3.8) is 0 Å². The zero-order valence-corrected chi connectivity index (χ0v) is 13.1. The molecule has 1 saturated carbocycles. The molecule has 0 saturated heterocycles. The number of quaternary nitrogens is 1. The van der Waals surface area contributed by atoms with E-state index in [-0.39, 0.29) is 11.7 Å². The largest absolute Gasteiger partial charge is 0.347 e. The molecule has 1 aliphatic carbocycles. The molecule has 1 amide bonds. The van der Waals surface area contributed by atoms with Gasteiger partial charge in [0.25, 0.3) is 5.91 Å². The minimum atomic E-state index is -0.220. The molecular weight excluding hydrogens is 291 g/mol. The predicted molar refractivity (Wildman–Crippen MR) is 87.2 cm³/mol. The maximum atomic E-state index is 13.0. The van der Waals surface area contributed by atoms with E-state index in [0.29, 0.717) is 19.1 Å². The summed E-state index contributed by atoms with van der Waals surface area (Å²) in [7, 11) is 0. The van der Waals surface area contributed by atoms with Crippen LogP contribution in [0.3, 0.4) is 0 Å². The third-order valence-corrected chi connectivity index (χ3v) is 4.22. The van der Waals surface area contributed by atoms with Gasteiger partial charge in [-0.25, -0.2) is 4.39 Å². The summed E-state index contributed by atoms with van der Waals surface area (Å²) in [6.45, 7) is 1.80. The van der Waals surface area contributed by atoms with Crippen molar-refractivity contribution in [1.82, 2.24) is 5.32 Å². The highest BCUT2D eigenvalue weighted by Gasteiger charge is 2.34. The summed E-state index contributed by atoms with van der Waals surface area (Å²) >= 11 is 0. The van der Waals surface area contributed by atoms with Gasteiger partial charge >= 0.3 is 0 Å². The molecule has 0 aliphatic heterocycles. The zero-order chi connectivity index (χ0) is 16.1. The van der Waals surface area contributed by atoms with Gasteiger partial charge < -0.3 is 10.2 Å². The predicted octanol–water partition coefficient (Wildman–Crippen LogP) is 1.69. The fourth-order valence-electron chi connectivity index (χ4n) is 2.77. The van der Waals surface area contributed by atoms with Gasteiger partial charge in [-0.15, -0.1) is 0 Å². The summed E-state index contributed by atoms with van der Waals surface area (Å²) in [5, 5.41) is 2.99. The Balaban J connectivity index is 1.52. The zero-order valence-electron chi connectivity index (χ0n) is 13.1. The Kier molecular flexibility index (Phi) is 5.03. The van der Waals surface area contributed by atoms with E-state index in [0.717, 1.165) is 17.7 Å². The summed E-state index contributed by atoms with van der Waals surface area (Å²) in [6.07, 6.45) is 2.34. The molecule has 4 heteroatoms. The van der Waals surface area contributed by atoms with Crippen LogP contribution in [0.15, 0.2) is 54.6 Å². The molecule has 1 fully saturated rings. The summed E-state index contributed by atoms with van der Waals surface area (Å²) < 4.78 is 13.0. The second-order valence-corrected chi connectivity index (χ2v) is 6.17. The van der Waals surface area contributed by atoms with Gasteiger partial charge in [-0.2, -0.15) is 0 Å². The fourth-order valence-corrected chi connectivity index (χ4v) is 2.77. The molecule has 0 bridgehead atoms. The average Bonchev–Trinajstić information content (AvgIpc) is 3.40. The molecule has 3 nitrogen and oxygen atoms in total. The number of halogens is 1. The number of nitrogens with one attached hydrogen (secondary N) is 2. The standard InChI is InChI=1S/C19H21FN2O/c20-17-8-6-16(7-9-17)13-22(18-10-11-18)14-19(23)21-12-15-4-2-1-3-5-15/h1-9,18H,10-14H2,(H,21,23)/p+1. The highest BCUT2D eigenvalue weighted by Crippen LogP contribution is 2.15. The van der Waals surface area contributed by atoms with Crippen LogP contribution >= 0.6 is 0 Å². The number of carbonyl (C=O) groups is 1. The van der Waals surface area contributed by atoms with Crippen LogP contribution in [-0.4, -0.2) is 18.5 Å². The van der Waals surface area contributed by atoms with Crippen LogP contribution < -0.4 is 10.2 Å². The summed E-state index contributed by atoms with van der Waals surface area (Å²) in [6, 6.07) is 17.0. The molecule has 120 valence electrons. The van der Waals surface area contributed by atoms with Gasteiger partial charge in [0.15, 0.2) is 6.54 Å². The smallest absolute Gasteiger partial charge is 0.275 e. The molecule has 1 unspecified atom stereocenters. The molecule has 0 radical (unpaired) electrons. The second-order valence-electron chi connectivity index (χ2n) is 6.17. The van der Waals surface area contributed by atoms with E-state index >= 15 is 0 Å². The van der Waals surface area contributed by atoms with Gasteiger partial charge in [0.2, 0.25) is 0 Å². The number of rotatable bonds is 7. The third-order valence-electron chi connectivity index (χ3n) is 4.22. The molecule has 3 rings (SSSR count). The van der Waals surface area contributed by atoms with Crippen LogP contribution in [-0.2, 0) is 17.9 Å². The number of carbonyl (C=O) groups excluding carboxylic acids is 1. The SMILES string of the molecule is O=C(C[NH+](Cc1ccc(F)cc1)C1CC1)NCc1ccccc1. The molecule has 2 aromatic carbocycles. The van der Waals surface area contributed by atoms with Crippen molar-refractivity contribution in [2.75, 3.05) is 6.54 Å². The minimum Gasteiger partial charge on any atom is -0.347 e. The Hall–Kier alpha value is -2.20. The fraction of sp³-hybridized carbons (Fsp3) is 0.316. The second kappa shape index (κ2) is 7.38. The van der Waals surface area contributed by atoms with Gasteiger partial charge in [-0.3, -0.25) is 4.79 Å². The lowest BCUT2D eigenvalue weighted by Crippen LogP contribution is -3.13. The number of benzene rings is 2. The normalized spacial score (nSPS) is 15.2. The molecule has 0 heterocycles. The third kappa shape index (κ3) is 4.89. The minimum absolute atomic E-state index is 0.0675. The quantitative estimate of drug-likeness (QED) is 0.801. The van der Waals surface area contributed by atoms with Crippen molar-refractivity contribution >= 4 is 5.91 Å². The molecule has 2 aromatic rings. The van der Waals surface area contributed by atoms with Crippen molar-refractivity contribution in [3.05, 3.63) is 71.5 Å². The van der Waals surface area contributed by atoms with Gasteiger partial charge in [-0.05, 0) is 17.7 Å². The molecule has 2 N–H and O–H groups in total. The Bertz CT molecular complexity index is 638. The molecular formula is C19H22FN2O+. The first-order valence-electron chi connectivity index (χ1n) is 8.10. The van der Waals surface area contributed by atoms with Gasteiger partial charge in [0.05, 0.1) is 6.04 Å². The molecule has 1 atom stereocenters. The van der Waals surface area contributed by atoms with Crippen molar-refractivity contribution < 1.29 is 14.1 Å². The summed E-state index contributed by atoms with van der Waals surface area (Å²) in [5.74, 6) is -0.153. The van der Waals surface area contributed by atoms with Crippen LogP contribution in [0.1, 0.15) is 24.0 Å². The molecule has 0 spiro atoms.